The third kappa shape index (κ3) is 11.3. The van der Waals surface area contributed by atoms with E-state index in [1.54, 1.807) is 0 Å². The Morgan fingerprint density at radius 3 is 1.29 bits per heavy atom. The lowest BCUT2D eigenvalue weighted by atomic mass is 10.1. The first-order valence-electron chi connectivity index (χ1n) is 20.5. The number of nitro groups is 2. The summed E-state index contributed by atoms with van der Waals surface area (Å²) in [5, 5.41) is 75.9. The maximum atomic E-state index is 12.6. The third-order valence-electron chi connectivity index (χ3n) is 10.8. The molecule has 2 aliphatic heterocycles. The van der Waals surface area contributed by atoms with Crippen molar-refractivity contribution in [1.82, 2.24) is 30.7 Å². The van der Waals surface area contributed by atoms with E-state index in [0.29, 0.717) is 0 Å². The van der Waals surface area contributed by atoms with Gasteiger partial charge in [0, 0.05) is 72.7 Å². The van der Waals surface area contributed by atoms with Crippen LogP contribution in [-0.4, -0.2) is 115 Å². The fourth-order valence-corrected chi connectivity index (χ4v) is 7.18. The number of piperidine rings is 2. The minimum atomic E-state index is -0.540. The lowest BCUT2D eigenvalue weighted by Gasteiger charge is -2.29. The molecule has 4 aromatic carbocycles. The summed E-state index contributed by atoms with van der Waals surface area (Å²) < 4.78 is 22.0. The smallest absolute Gasteiger partial charge is 0.273 e. The van der Waals surface area contributed by atoms with Crippen LogP contribution in [0.3, 0.4) is 0 Å². The van der Waals surface area contributed by atoms with Crippen LogP contribution in [0.2, 0.25) is 0 Å². The van der Waals surface area contributed by atoms with E-state index in [-0.39, 0.29) is 103 Å². The molecule has 6 aromatic rings. The molecule has 0 saturated carbocycles. The van der Waals surface area contributed by atoms with Gasteiger partial charge in [-0.3, -0.25) is 29.8 Å². The van der Waals surface area contributed by atoms with Crippen LogP contribution >= 0.6 is 0 Å². The predicted molar refractivity (Wildman–Crippen MR) is 233 cm³/mol. The fraction of sp³-hybridized carbons (Fsp3) is 0.273. The number of carbonyl (C=O) groups excluding carboxylic acids is 2. The Bertz CT molecular complexity index is 2520. The van der Waals surface area contributed by atoms with Crippen LogP contribution in [0.5, 0.6) is 46.0 Å². The number of phenols is 4. The topological polar surface area (TPSA) is 302 Å². The molecule has 0 radical (unpaired) electrons. The number of aromatic nitrogens is 2. The van der Waals surface area contributed by atoms with Crippen LogP contribution in [0, 0.1) is 20.2 Å². The number of carbonyl (C=O) groups is 2. The maximum Gasteiger partial charge on any atom is 0.273 e. The van der Waals surface area contributed by atoms with Crippen LogP contribution in [-0.2, 0) is 0 Å². The average Bonchev–Trinajstić information content (AvgIpc) is 3.97. The highest BCUT2D eigenvalue weighted by Gasteiger charge is 2.26. The van der Waals surface area contributed by atoms with E-state index >= 15 is 0 Å². The molecule has 0 aliphatic carbocycles. The number of amides is 2. The molecule has 2 aromatic heterocycles. The lowest BCUT2D eigenvalue weighted by molar-refractivity contribution is -0.385. The van der Waals surface area contributed by atoms with Crippen LogP contribution in [0.4, 0.5) is 11.4 Å². The van der Waals surface area contributed by atoms with Crippen molar-refractivity contribution in [3.63, 3.8) is 0 Å². The first-order chi connectivity index (χ1) is 31.6. The van der Waals surface area contributed by atoms with Crippen LogP contribution in [0.15, 0.2) is 94.0 Å². The number of ether oxygens (including phenoxy) is 2. The number of rotatable bonds is 12. The van der Waals surface area contributed by atoms with Crippen molar-refractivity contribution in [3.05, 3.63) is 117 Å². The van der Waals surface area contributed by atoms with Gasteiger partial charge in [-0.25, -0.2) is 0 Å². The van der Waals surface area contributed by atoms with Crippen molar-refractivity contribution in [2.24, 2.45) is 0 Å². The van der Waals surface area contributed by atoms with Gasteiger partial charge < -0.3 is 59.4 Å². The number of nitro benzene ring substituents is 2. The highest BCUT2D eigenvalue weighted by Crippen LogP contribution is 2.44. The number of aromatic hydroxyl groups is 4. The second kappa shape index (κ2) is 20.1. The molecule has 66 heavy (non-hydrogen) atoms. The van der Waals surface area contributed by atoms with Gasteiger partial charge in [0.05, 0.1) is 9.85 Å². The van der Waals surface area contributed by atoms with E-state index in [1.807, 2.05) is 14.1 Å². The normalized spacial score (nSPS) is 14.7. The quantitative estimate of drug-likeness (QED) is 0.0560. The summed E-state index contributed by atoms with van der Waals surface area (Å²) in [7, 11) is 4.06. The number of likely N-dealkylation sites (tertiary alicyclic amines) is 2. The molecule has 22 nitrogen and oxygen atoms in total. The van der Waals surface area contributed by atoms with E-state index in [2.05, 4.69) is 30.7 Å². The number of benzene rings is 4. The maximum absolute atomic E-state index is 12.6. The Labute approximate surface area is 374 Å². The molecule has 0 unspecified atom stereocenters. The van der Waals surface area contributed by atoms with Gasteiger partial charge in [0.1, 0.15) is 57.1 Å². The second-order valence-electron chi connectivity index (χ2n) is 15.6. The number of hydrogen-bond donors (Lipinski definition) is 6. The zero-order valence-electron chi connectivity index (χ0n) is 35.4. The van der Waals surface area contributed by atoms with E-state index in [1.165, 1.54) is 72.8 Å². The zero-order valence-corrected chi connectivity index (χ0v) is 35.4. The van der Waals surface area contributed by atoms with Crippen molar-refractivity contribution in [2.75, 3.05) is 40.3 Å². The molecule has 6 N–H and O–H groups in total. The standard InChI is InChI=1S/2C22H22N4O7/c2*1-25-8-6-13(7-9-25)23-22(29)17-12-20(33-24-17)21-18(28)10-15(27)11-19(21)32-16-4-2-14(3-5-16)26(30)31/h2*2-5,10-13,27-28H,6-9H2,1H3,(H,23,29). The summed E-state index contributed by atoms with van der Waals surface area (Å²) in [5.41, 5.74) is -0.0157. The van der Waals surface area contributed by atoms with Crippen molar-refractivity contribution < 1.29 is 58.4 Å². The summed E-state index contributed by atoms with van der Waals surface area (Å²) in [6.45, 7) is 3.55. The minimum absolute atomic E-state index is 0.0137. The largest absolute Gasteiger partial charge is 0.508 e. The van der Waals surface area contributed by atoms with E-state index in [9.17, 15) is 50.2 Å². The SMILES string of the molecule is CN1CCC(NC(=O)c2cc(-c3c(O)cc(O)cc3Oc3ccc([N+](=O)[O-])cc3)on2)CC1.CN1CCC(NC(=O)c2cc(-c3c(O)cc(O)cc3Oc3ccc([N+](=O)[O-])cc3)on2)CC1. The Balaban J connectivity index is 0.000000196. The van der Waals surface area contributed by atoms with Crippen LogP contribution in [0.25, 0.3) is 22.6 Å². The molecule has 22 heteroatoms. The predicted octanol–water partition coefficient (Wildman–Crippen LogP) is 6.55. The molecular weight excluding hydrogens is 865 g/mol. The molecule has 0 bridgehead atoms. The monoisotopic (exact) mass is 908 g/mol. The second-order valence-corrected chi connectivity index (χ2v) is 15.6. The molecule has 2 saturated heterocycles. The molecule has 0 spiro atoms. The van der Waals surface area contributed by atoms with Crippen molar-refractivity contribution in [1.29, 1.82) is 0 Å². The fourth-order valence-electron chi connectivity index (χ4n) is 7.18. The van der Waals surface area contributed by atoms with Crippen LogP contribution in [0.1, 0.15) is 46.7 Å². The van der Waals surface area contributed by atoms with Gasteiger partial charge in [-0.15, -0.1) is 0 Å². The number of phenolic OH excluding ortho intramolecular Hbond substituents is 4. The van der Waals surface area contributed by atoms with Gasteiger partial charge >= 0.3 is 0 Å². The summed E-state index contributed by atoms with van der Waals surface area (Å²) in [6.07, 6.45) is 3.33. The Morgan fingerprint density at radius 1 is 0.606 bits per heavy atom. The minimum Gasteiger partial charge on any atom is -0.508 e. The molecule has 8 rings (SSSR count). The third-order valence-corrected chi connectivity index (χ3v) is 10.8. The van der Waals surface area contributed by atoms with Crippen LogP contribution < -0.4 is 20.1 Å². The van der Waals surface area contributed by atoms with E-state index in [4.69, 9.17) is 18.5 Å². The van der Waals surface area contributed by atoms with Gasteiger partial charge in [0.15, 0.2) is 22.9 Å². The van der Waals surface area contributed by atoms with E-state index in [0.717, 1.165) is 64.0 Å². The van der Waals surface area contributed by atoms with E-state index < -0.39 is 21.7 Å². The van der Waals surface area contributed by atoms with Crippen molar-refractivity contribution in [2.45, 2.75) is 37.8 Å². The van der Waals surface area contributed by atoms with Gasteiger partial charge in [-0.05, 0) is 90.2 Å². The van der Waals surface area contributed by atoms with Crippen molar-refractivity contribution >= 4 is 23.2 Å². The molecular formula is C44H44N8O14. The molecule has 2 amide bonds. The average molecular weight is 909 g/mol. The molecule has 2 fully saturated rings. The summed E-state index contributed by atoms with van der Waals surface area (Å²) >= 11 is 0. The first kappa shape index (κ1) is 45.8. The van der Waals surface area contributed by atoms with Gasteiger partial charge in [0.25, 0.3) is 23.2 Å². The van der Waals surface area contributed by atoms with Gasteiger partial charge in [0.2, 0.25) is 0 Å². The molecule has 4 heterocycles. The summed E-state index contributed by atoms with van der Waals surface area (Å²) in [6, 6.07) is 18.1. The Kier molecular flexibility index (Phi) is 13.9. The number of nitrogens with one attached hydrogen (secondary N) is 2. The molecule has 344 valence electrons. The first-order valence-corrected chi connectivity index (χ1v) is 20.5. The zero-order chi connectivity index (χ0) is 47.1. The highest BCUT2D eigenvalue weighted by molar-refractivity contribution is 5.94. The molecule has 0 atom stereocenters. The Hall–Kier alpha value is -8.24. The number of non-ortho nitro benzene ring substituents is 2. The van der Waals surface area contributed by atoms with Crippen molar-refractivity contribution in [3.8, 4) is 68.6 Å². The summed E-state index contributed by atoms with van der Waals surface area (Å²) in [4.78, 5) is 50.2. The van der Waals surface area contributed by atoms with Gasteiger partial charge in [-0.1, -0.05) is 10.3 Å². The molecule has 2 aliphatic rings. The highest BCUT2D eigenvalue weighted by atomic mass is 16.6. The Morgan fingerprint density at radius 2 is 0.955 bits per heavy atom. The lowest BCUT2D eigenvalue weighted by Crippen LogP contribution is -2.43. The number of hydrogen-bond acceptors (Lipinski definition) is 18. The van der Waals surface area contributed by atoms with Gasteiger partial charge in [-0.2, -0.15) is 0 Å². The summed E-state index contributed by atoms with van der Waals surface area (Å²) in [5.74, 6) is -1.45. The number of nitrogens with zero attached hydrogens (tertiary/aromatic N) is 6.